The van der Waals surface area contributed by atoms with Crippen LogP contribution < -0.4 is 4.18 Å². The van der Waals surface area contributed by atoms with E-state index in [1.807, 2.05) is 6.07 Å². The smallest absolute Gasteiger partial charge is 0.340 e. The number of H-pyrrole nitrogens is 1. The SMILES string of the molecule is N#Cc1ccccc1OS(=O)(=O)c1c[nH]c(C(=O)N2CCCC2)c1. The van der Waals surface area contributed by atoms with Gasteiger partial charge >= 0.3 is 10.1 Å². The van der Waals surface area contributed by atoms with Crippen molar-refractivity contribution in [3.8, 4) is 11.8 Å². The van der Waals surface area contributed by atoms with Crippen molar-refractivity contribution in [2.45, 2.75) is 17.7 Å². The number of nitriles is 1. The maximum Gasteiger partial charge on any atom is 0.340 e. The Kier molecular flexibility index (Phi) is 4.27. The van der Waals surface area contributed by atoms with E-state index >= 15 is 0 Å². The van der Waals surface area contributed by atoms with E-state index in [9.17, 15) is 13.2 Å². The summed E-state index contributed by atoms with van der Waals surface area (Å²) in [6.07, 6.45) is 3.12. The number of nitrogens with one attached hydrogen (secondary N) is 1. The first-order valence-electron chi connectivity index (χ1n) is 7.42. The zero-order valence-corrected chi connectivity index (χ0v) is 13.5. The minimum atomic E-state index is -4.14. The summed E-state index contributed by atoms with van der Waals surface area (Å²) in [6, 6.07) is 9.18. The molecule has 0 bridgehead atoms. The van der Waals surface area contributed by atoms with E-state index in [4.69, 9.17) is 9.44 Å². The van der Waals surface area contributed by atoms with Gasteiger partial charge in [-0.15, -0.1) is 0 Å². The van der Waals surface area contributed by atoms with Gasteiger partial charge in [-0.25, -0.2) is 0 Å². The lowest BCUT2D eigenvalue weighted by Gasteiger charge is -2.13. The van der Waals surface area contributed by atoms with Crippen molar-refractivity contribution in [2.24, 2.45) is 0 Å². The van der Waals surface area contributed by atoms with Gasteiger partial charge in [0, 0.05) is 19.3 Å². The molecule has 1 aromatic heterocycles. The van der Waals surface area contributed by atoms with Crippen LogP contribution in [0.25, 0.3) is 0 Å². The maximum absolute atomic E-state index is 12.4. The number of carbonyl (C=O) groups is 1. The van der Waals surface area contributed by atoms with Crippen molar-refractivity contribution in [1.82, 2.24) is 9.88 Å². The fraction of sp³-hybridized carbons (Fsp3) is 0.250. The Hall–Kier alpha value is -2.79. The Balaban J connectivity index is 1.83. The number of hydrogen-bond donors (Lipinski definition) is 1. The highest BCUT2D eigenvalue weighted by Crippen LogP contribution is 2.23. The second-order valence-corrected chi connectivity index (χ2v) is 6.94. The average Bonchev–Trinajstić information content (AvgIpc) is 3.26. The Morgan fingerprint density at radius 2 is 1.96 bits per heavy atom. The number of rotatable bonds is 4. The van der Waals surface area contributed by atoms with Crippen LogP contribution in [-0.4, -0.2) is 37.3 Å². The molecule has 1 aromatic carbocycles. The fourth-order valence-corrected chi connectivity index (χ4v) is 3.47. The summed E-state index contributed by atoms with van der Waals surface area (Å²) in [4.78, 5) is 16.5. The molecule has 1 fully saturated rings. The Morgan fingerprint density at radius 1 is 1.25 bits per heavy atom. The quantitative estimate of drug-likeness (QED) is 0.852. The van der Waals surface area contributed by atoms with E-state index in [1.165, 1.54) is 24.4 Å². The molecular weight excluding hydrogens is 330 g/mol. The summed E-state index contributed by atoms with van der Waals surface area (Å²) in [7, 11) is -4.14. The normalized spacial score (nSPS) is 14.4. The highest BCUT2D eigenvalue weighted by molar-refractivity contribution is 7.87. The number of benzene rings is 1. The van der Waals surface area contributed by atoms with Crippen LogP contribution in [0.1, 0.15) is 28.9 Å². The second-order valence-electron chi connectivity index (χ2n) is 5.39. The molecule has 0 atom stereocenters. The fourth-order valence-electron chi connectivity index (χ4n) is 2.53. The summed E-state index contributed by atoms with van der Waals surface area (Å²) < 4.78 is 29.7. The molecule has 124 valence electrons. The van der Waals surface area contributed by atoms with Gasteiger partial charge in [-0.05, 0) is 31.0 Å². The molecule has 1 N–H and O–H groups in total. The van der Waals surface area contributed by atoms with Gasteiger partial charge in [0.1, 0.15) is 16.7 Å². The first-order chi connectivity index (χ1) is 11.5. The summed E-state index contributed by atoms with van der Waals surface area (Å²) in [6.45, 7) is 1.35. The van der Waals surface area contributed by atoms with Crippen molar-refractivity contribution in [3.05, 3.63) is 47.8 Å². The number of hydrogen-bond acceptors (Lipinski definition) is 5. The van der Waals surface area contributed by atoms with Gasteiger partial charge in [0.2, 0.25) is 0 Å². The van der Waals surface area contributed by atoms with Crippen LogP contribution in [-0.2, 0) is 10.1 Å². The molecule has 0 unspecified atom stereocenters. The van der Waals surface area contributed by atoms with Crippen molar-refractivity contribution < 1.29 is 17.4 Å². The van der Waals surface area contributed by atoms with E-state index in [0.29, 0.717) is 13.1 Å². The molecule has 3 rings (SSSR count). The summed E-state index contributed by atoms with van der Waals surface area (Å²) >= 11 is 0. The van der Waals surface area contributed by atoms with E-state index in [1.54, 1.807) is 17.0 Å². The number of para-hydroxylation sites is 1. The third kappa shape index (κ3) is 3.12. The Labute approximate surface area is 139 Å². The first-order valence-corrected chi connectivity index (χ1v) is 8.83. The number of aromatic amines is 1. The average molecular weight is 345 g/mol. The van der Waals surface area contributed by atoms with Crippen LogP contribution in [0.5, 0.6) is 5.75 Å². The molecule has 24 heavy (non-hydrogen) atoms. The van der Waals surface area contributed by atoms with Gasteiger partial charge in [0.15, 0.2) is 5.75 Å². The van der Waals surface area contributed by atoms with E-state index < -0.39 is 10.1 Å². The molecule has 8 heteroatoms. The molecule has 7 nitrogen and oxygen atoms in total. The van der Waals surface area contributed by atoms with Crippen LogP contribution in [0.15, 0.2) is 41.4 Å². The third-order valence-corrected chi connectivity index (χ3v) is 4.99. The molecule has 0 aliphatic carbocycles. The predicted molar refractivity (Wildman–Crippen MR) is 84.9 cm³/mol. The van der Waals surface area contributed by atoms with Gasteiger partial charge in [-0.2, -0.15) is 13.7 Å². The molecule has 0 spiro atoms. The van der Waals surface area contributed by atoms with Gasteiger partial charge < -0.3 is 14.1 Å². The third-order valence-electron chi connectivity index (χ3n) is 3.78. The van der Waals surface area contributed by atoms with Crippen molar-refractivity contribution in [3.63, 3.8) is 0 Å². The lowest BCUT2D eigenvalue weighted by atomic mass is 10.2. The predicted octanol–water partition coefficient (Wildman–Crippen LogP) is 1.89. The molecular formula is C16H15N3O4S. The number of likely N-dealkylation sites (tertiary alicyclic amines) is 1. The number of aromatic nitrogens is 1. The lowest BCUT2D eigenvalue weighted by Crippen LogP contribution is -2.27. The van der Waals surface area contributed by atoms with Crippen LogP contribution in [0.3, 0.4) is 0 Å². The second kappa shape index (κ2) is 6.37. The monoisotopic (exact) mass is 345 g/mol. The Bertz CT molecular complexity index is 905. The molecule has 1 saturated heterocycles. The Morgan fingerprint density at radius 3 is 2.67 bits per heavy atom. The molecule has 1 aliphatic heterocycles. The zero-order valence-electron chi connectivity index (χ0n) is 12.7. The van der Waals surface area contributed by atoms with Crippen LogP contribution in [0, 0.1) is 11.3 Å². The van der Waals surface area contributed by atoms with Crippen LogP contribution in [0.2, 0.25) is 0 Å². The molecule has 1 amide bonds. The topological polar surface area (TPSA) is 103 Å². The standard InChI is InChI=1S/C16H15N3O4S/c17-10-12-5-1-2-6-15(12)23-24(21,22)13-9-14(18-11-13)16(20)19-7-3-4-8-19/h1-2,5-6,9,11,18H,3-4,7-8H2. The zero-order chi connectivity index (χ0) is 17.2. The van der Waals surface area contributed by atoms with Gasteiger partial charge in [-0.3, -0.25) is 4.79 Å². The molecule has 1 aliphatic rings. The van der Waals surface area contributed by atoms with Gasteiger partial charge in [0.25, 0.3) is 5.91 Å². The van der Waals surface area contributed by atoms with Crippen molar-refractivity contribution in [2.75, 3.05) is 13.1 Å². The number of amides is 1. The number of carbonyl (C=O) groups excluding carboxylic acids is 1. The van der Waals surface area contributed by atoms with Crippen LogP contribution >= 0.6 is 0 Å². The number of nitrogens with zero attached hydrogens (tertiary/aromatic N) is 2. The summed E-state index contributed by atoms with van der Waals surface area (Å²) in [5, 5.41) is 9.00. The lowest BCUT2D eigenvalue weighted by molar-refractivity contribution is 0.0787. The highest BCUT2D eigenvalue weighted by Gasteiger charge is 2.25. The molecule has 0 saturated carbocycles. The van der Waals surface area contributed by atoms with E-state index in [-0.39, 0.29) is 27.8 Å². The summed E-state index contributed by atoms with van der Waals surface area (Å²) in [5.41, 5.74) is 0.317. The van der Waals surface area contributed by atoms with Crippen LogP contribution in [0.4, 0.5) is 0 Å². The highest BCUT2D eigenvalue weighted by atomic mass is 32.2. The largest absolute Gasteiger partial charge is 0.378 e. The maximum atomic E-state index is 12.4. The summed E-state index contributed by atoms with van der Waals surface area (Å²) in [5.74, 6) is -0.278. The molecule has 2 heterocycles. The van der Waals surface area contributed by atoms with Gasteiger partial charge in [0.05, 0.1) is 5.56 Å². The molecule has 0 radical (unpaired) electrons. The van der Waals surface area contributed by atoms with E-state index in [0.717, 1.165) is 12.8 Å². The minimum Gasteiger partial charge on any atom is -0.378 e. The van der Waals surface area contributed by atoms with Crippen molar-refractivity contribution in [1.29, 1.82) is 5.26 Å². The van der Waals surface area contributed by atoms with Gasteiger partial charge in [-0.1, -0.05) is 12.1 Å². The first kappa shape index (κ1) is 16.1. The minimum absolute atomic E-state index is 0.0476. The molecule has 2 aromatic rings. The van der Waals surface area contributed by atoms with E-state index in [2.05, 4.69) is 4.98 Å². The van der Waals surface area contributed by atoms with Crippen molar-refractivity contribution >= 4 is 16.0 Å².